The van der Waals surface area contributed by atoms with Gasteiger partial charge in [0, 0.05) is 43.8 Å². The Balaban J connectivity index is 1.46. The van der Waals surface area contributed by atoms with Crippen molar-refractivity contribution in [1.82, 2.24) is 19.4 Å². The number of rotatable bonds is 7. The molecular weight excluding hydrogens is 469 g/mol. The number of fused-ring (bicyclic) bond motifs is 1. The van der Waals surface area contributed by atoms with Gasteiger partial charge in [0.2, 0.25) is 5.91 Å². The molecule has 1 aromatic heterocycles. The molecule has 0 atom stereocenters. The maximum absolute atomic E-state index is 12.6. The van der Waals surface area contributed by atoms with Crippen LogP contribution in [0.5, 0.6) is 0 Å². The molecule has 0 N–H and O–H groups in total. The van der Waals surface area contributed by atoms with E-state index in [0.29, 0.717) is 50.0 Å². The van der Waals surface area contributed by atoms with Crippen LogP contribution in [0.2, 0.25) is 0 Å². The summed E-state index contributed by atoms with van der Waals surface area (Å²) >= 11 is 3.33. The first kappa shape index (κ1) is 22.7. The molecule has 1 aliphatic heterocycles. The summed E-state index contributed by atoms with van der Waals surface area (Å²) in [5.74, 6) is -0.165. The molecular formula is C19H22BrF3N4O3. The molecule has 0 radical (unpaired) electrons. The first-order valence-electron chi connectivity index (χ1n) is 9.52. The summed E-state index contributed by atoms with van der Waals surface area (Å²) < 4.78 is 42.8. The Morgan fingerprint density at radius 3 is 2.63 bits per heavy atom. The van der Waals surface area contributed by atoms with Gasteiger partial charge in [-0.2, -0.15) is 13.2 Å². The van der Waals surface area contributed by atoms with Crippen LogP contribution in [0.15, 0.2) is 33.8 Å². The Bertz CT molecular complexity index is 943. The third kappa shape index (κ3) is 6.26. The fraction of sp³-hybridized carbons (Fsp3) is 0.526. The summed E-state index contributed by atoms with van der Waals surface area (Å²) in [6.45, 7) is 1.61. The zero-order chi connectivity index (χ0) is 21.7. The number of aromatic nitrogens is 2. The Morgan fingerprint density at radius 2 is 1.93 bits per heavy atom. The van der Waals surface area contributed by atoms with Gasteiger partial charge in [-0.3, -0.25) is 19.1 Å². The first-order valence-corrected chi connectivity index (χ1v) is 10.3. The van der Waals surface area contributed by atoms with Gasteiger partial charge in [0.15, 0.2) is 0 Å². The van der Waals surface area contributed by atoms with Crippen molar-refractivity contribution in [2.24, 2.45) is 0 Å². The molecule has 7 nitrogen and oxygen atoms in total. The zero-order valence-corrected chi connectivity index (χ0v) is 17.8. The lowest BCUT2D eigenvalue weighted by Gasteiger charge is -2.34. The Kier molecular flexibility index (Phi) is 7.48. The molecule has 1 aliphatic rings. The second-order valence-corrected chi connectivity index (χ2v) is 8.00. The summed E-state index contributed by atoms with van der Waals surface area (Å²) in [6, 6.07) is 5.22. The van der Waals surface area contributed by atoms with E-state index in [1.807, 2.05) is 0 Å². The average Bonchev–Trinajstić information content (AvgIpc) is 2.70. The predicted octanol–water partition coefficient (Wildman–Crippen LogP) is 2.27. The van der Waals surface area contributed by atoms with Gasteiger partial charge in [-0.15, -0.1) is 0 Å². The van der Waals surface area contributed by atoms with Gasteiger partial charge in [-0.05, 0) is 24.6 Å². The van der Waals surface area contributed by atoms with Gasteiger partial charge in [-0.1, -0.05) is 15.9 Å². The lowest BCUT2D eigenvalue weighted by atomic mass is 10.2. The van der Waals surface area contributed by atoms with Crippen LogP contribution in [0.3, 0.4) is 0 Å². The van der Waals surface area contributed by atoms with Crippen molar-refractivity contribution in [2.75, 3.05) is 45.9 Å². The number of halogens is 4. The number of hydrogen-bond donors (Lipinski definition) is 0. The molecule has 0 bridgehead atoms. The molecule has 1 fully saturated rings. The number of benzene rings is 1. The van der Waals surface area contributed by atoms with Crippen molar-refractivity contribution in [3.8, 4) is 0 Å². The van der Waals surface area contributed by atoms with Crippen molar-refractivity contribution < 1.29 is 22.7 Å². The van der Waals surface area contributed by atoms with Crippen LogP contribution in [0.4, 0.5) is 13.2 Å². The number of ether oxygens (including phenoxy) is 1. The molecule has 0 unspecified atom stereocenters. The first-order chi connectivity index (χ1) is 14.2. The van der Waals surface area contributed by atoms with Crippen LogP contribution >= 0.6 is 15.9 Å². The largest absolute Gasteiger partial charge is 0.411 e. The van der Waals surface area contributed by atoms with E-state index in [1.165, 1.54) is 10.9 Å². The minimum absolute atomic E-state index is 0.0483. The van der Waals surface area contributed by atoms with Crippen LogP contribution in [0, 0.1) is 0 Å². The van der Waals surface area contributed by atoms with Gasteiger partial charge in [0.05, 0.1) is 17.2 Å². The van der Waals surface area contributed by atoms with Crippen LogP contribution < -0.4 is 5.56 Å². The van der Waals surface area contributed by atoms with Crippen molar-refractivity contribution >= 4 is 32.7 Å². The van der Waals surface area contributed by atoms with E-state index in [9.17, 15) is 22.8 Å². The molecule has 2 heterocycles. The van der Waals surface area contributed by atoms with Crippen LogP contribution in [0.25, 0.3) is 10.9 Å². The maximum atomic E-state index is 12.6. The molecule has 0 saturated carbocycles. The third-order valence-electron chi connectivity index (χ3n) is 4.85. The molecule has 1 amide bonds. The Hall–Kier alpha value is -1.98. The van der Waals surface area contributed by atoms with Crippen LogP contribution in [-0.4, -0.2) is 77.4 Å². The summed E-state index contributed by atoms with van der Waals surface area (Å²) in [5, 5.41) is 0.442. The van der Waals surface area contributed by atoms with E-state index in [1.54, 1.807) is 23.1 Å². The minimum Gasteiger partial charge on any atom is -0.372 e. The molecule has 164 valence electrons. The van der Waals surface area contributed by atoms with Gasteiger partial charge >= 0.3 is 6.18 Å². The van der Waals surface area contributed by atoms with E-state index in [-0.39, 0.29) is 24.6 Å². The number of piperazine rings is 1. The highest BCUT2D eigenvalue weighted by Gasteiger charge is 2.27. The molecule has 11 heteroatoms. The SMILES string of the molecule is O=C(Cn1cnc2ccc(Br)cc2c1=O)N1CCN(CCCOCC(F)(F)F)CC1. The minimum atomic E-state index is -4.30. The van der Waals surface area contributed by atoms with Crippen molar-refractivity contribution in [2.45, 2.75) is 19.1 Å². The van der Waals surface area contributed by atoms with Gasteiger partial charge in [-0.25, -0.2) is 4.98 Å². The zero-order valence-electron chi connectivity index (χ0n) is 16.2. The van der Waals surface area contributed by atoms with Crippen molar-refractivity contribution in [3.05, 3.63) is 39.4 Å². The second kappa shape index (κ2) is 9.88. The molecule has 30 heavy (non-hydrogen) atoms. The highest BCUT2D eigenvalue weighted by Crippen LogP contribution is 2.15. The fourth-order valence-corrected chi connectivity index (χ4v) is 3.65. The molecule has 1 aromatic carbocycles. The highest BCUT2D eigenvalue weighted by atomic mass is 79.9. The van der Waals surface area contributed by atoms with E-state index in [4.69, 9.17) is 0 Å². The third-order valence-corrected chi connectivity index (χ3v) is 5.34. The normalized spacial score (nSPS) is 15.7. The number of hydrogen-bond acceptors (Lipinski definition) is 5. The van der Waals surface area contributed by atoms with E-state index in [0.717, 1.165) is 4.47 Å². The Labute approximate surface area is 179 Å². The summed E-state index contributed by atoms with van der Waals surface area (Å²) in [6.07, 6.45) is -2.42. The quantitative estimate of drug-likeness (QED) is 0.557. The number of carbonyl (C=O) groups is 1. The van der Waals surface area contributed by atoms with Gasteiger partial charge in [0.1, 0.15) is 13.2 Å². The van der Waals surface area contributed by atoms with Crippen LogP contribution in [-0.2, 0) is 16.1 Å². The molecule has 3 rings (SSSR count). The average molecular weight is 491 g/mol. The fourth-order valence-electron chi connectivity index (χ4n) is 3.29. The molecule has 1 saturated heterocycles. The Morgan fingerprint density at radius 1 is 1.20 bits per heavy atom. The van der Waals surface area contributed by atoms with Crippen LogP contribution in [0.1, 0.15) is 6.42 Å². The van der Waals surface area contributed by atoms with Gasteiger partial charge in [0.25, 0.3) is 5.56 Å². The van der Waals surface area contributed by atoms with Crippen molar-refractivity contribution in [3.63, 3.8) is 0 Å². The topological polar surface area (TPSA) is 67.7 Å². The van der Waals surface area contributed by atoms with E-state index >= 15 is 0 Å². The predicted molar refractivity (Wildman–Crippen MR) is 108 cm³/mol. The standard InChI is InChI=1S/C19H22BrF3N4O3/c20-14-2-3-16-15(10-14)18(29)27(13-24-16)11-17(28)26-7-5-25(6-8-26)4-1-9-30-12-19(21,22)23/h2-3,10,13H,1,4-9,11-12H2. The number of carbonyl (C=O) groups excluding carboxylic acids is 1. The number of amides is 1. The number of nitrogens with zero attached hydrogens (tertiary/aromatic N) is 4. The monoisotopic (exact) mass is 490 g/mol. The summed E-state index contributed by atoms with van der Waals surface area (Å²) in [5.41, 5.74) is 0.298. The molecule has 2 aromatic rings. The smallest absolute Gasteiger partial charge is 0.372 e. The summed E-state index contributed by atoms with van der Waals surface area (Å²) in [7, 11) is 0. The lowest BCUT2D eigenvalue weighted by Crippen LogP contribution is -2.50. The van der Waals surface area contributed by atoms with E-state index in [2.05, 4.69) is 30.6 Å². The van der Waals surface area contributed by atoms with Gasteiger partial charge < -0.3 is 9.64 Å². The second-order valence-electron chi connectivity index (χ2n) is 7.08. The highest BCUT2D eigenvalue weighted by molar-refractivity contribution is 9.10. The molecule has 0 aliphatic carbocycles. The molecule has 0 spiro atoms. The summed E-state index contributed by atoms with van der Waals surface area (Å²) in [4.78, 5) is 33.2. The van der Waals surface area contributed by atoms with Crippen molar-refractivity contribution in [1.29, 1.82) is 0 Å². The lowest BCUT2D eigenvalue weighted by molar-refractivity contribution is -0.174. The van der Waals surface area contributed by atoms with E-state index < -0.39 is 12.8 Å². The number of alkyl halides is 3. The maximum Gasteiger partial charge on any atom is 0.411 e.